The molecule has 0 aromatic heterocycles. The van der Waals surface area contributed by atoms with Crippen molar-refractivity contribution in [1.82, 2.24) is 4.90 Å². The van der Waals surface area contributed by atoms with Crippen molar-refractivity contribution >= 4 is 0 Å². The second-order valence-electron chi connectivity index (χ2n) is 8.47. The maximum atomic E-state index is 10.5. The summed E-state index contributed by atoms with van der Waals surface area (Å²) in [4.78, 5) is 2.41. The molecular formula is C21H35NO4. The Morgan fingerprint density at radius 3 is 2.31 bits per heavy atom. The van der Waals surface area contributed by atoms with Crippen molar-refractivity contribution in [2.45, 2.75) is 64.6 Å². The molecule has 1 aliphatic rings. The summed E-state index contributed by atoms with van der Waals surface area (Å²) in [5.41, 5.74) is 1.24. The van der Waals surface area contributed by atoms with Crippen molar-refractivity contribution in [2.24, 2.45) is 0 Å². The maximum Gasteiger partial charge on any atom is 0.122 e. The molecule has 1 atom stereocenters. The van der Waals surface area contributed by atoms with Crippen LogP contribution in [0.3, 0.4) is 0 Å². The Kier molecular flexibility index (Phi) is 6.94. The Morgan fingerprint density at radius 1 is 1.08 bits per heavy atom. The molecule has 1 heterocycles. The van der Waals surface area contributed by atoms with Gasteiger partial charge in [-0.2, -0.15) is 0 Å². The van der Waals surface area contributed by atoms with Crippen LogP contribution in [-0.4, -0.2) is 60.7 Å². The number of likely N-dealkylation sites (tertiary alicyclic amines) is 1. The fourth-order valence-electron chi connectivity index (χ4n) is 3.76. The lowest BCUT2D eigenvalue weighted by Gasteiger charge is -2.41. The zero-order chi connectivity index (χ0) is 19.4. The minimum absolute atomic E-state index is 0.113. The molecular weight excluding hydrogens is 330 g/mol. The molecule has 148 valence electrons. The predicted molar refractivity (Wildman–Crippen MR) is 104 cm³/mol. The van der Waals surface area contributed by atoms with E-state index in [9.17, 15) is 5.11 Å². The average Bonchev–Trinajstić information content (AvgIpc) is 2.77. The Bertz CT molecular complexity index is 569. The predicted octanol–water partition coefficient (Wildman–Crippen LogP) is 3.41. The summed E-state index contributed by atoms with van der Waals surface area (Å²) in [7, 11) is 1.66. The van der Waals surface area contributed by atoms with Crippen LogP contribution in [0.25, 0.3) is 0 Å². The fourth-order valence-corrected chi connectivity index (χ4v) is 3.76. The Balaban J connectivity index is 1.87. The van der Waals surface area contributed by atoms with E-state index in [1.165, 1.54) is 0 Å². The lowest BCUT2D eigenvalue weighted by Crippen LogP contribution is -2.52. The number of aryl methyl sites for hydroxylation is 1. The first-order valence-electron chi connectivity index (χ1n) is 9.47. The molecule has 5 nitrogen and oxygen atoms in total. The highest BCUT2D eigenvalue weighted by Crippen LogP contribution is 2.40. The van der Waals surface area contributed by atoms with E-state index in [-0.39, 0.29) is 17.7 Å². The molecule has 0 spiro atoms. The minimum atomic E-state index is -0.524. The van der Waals surface area contributed by atoms with Crippen molar-refractivity contribution < 1.29 is 19.3 Å². The van der Waals surface area contributed by atoms with Crippen LogP contribution in [-0.2, 0) is 4.74 Å². The van der Waals surface area contributed by atoms with E-state index >= 15 is 0 Å². The highest BCUT2D eigenvalue weighted by atomic mass is 16.5. The Labute approximate surface area is 158 Å². The van der Waals surface area contributed by atoms with E-state index in [0.717, 1.165) is 29.9 Å². The molecule has 0 bridgehead atoms. The highest BCUT2D eigenvalue weighted by molar-refractivity contribution is 5.39. The molecule has 1 fully saturated rings. The van der Waals surface area contributed by atoms with E-state index in [1.807, 2.05) is 25.1 Å². The van der Waals surface area contributed by atoms with Crippen molar-refractivity contribution in [3.63, 3.8) is 0 Å². The molecule has 0 saturated carbocycles. The van der Waals surface area contributed by atoms with Gasteiger partial charge in [0.1, 0.15) is 30.8 Å². The topological polar surface area (TPSA) is 51.2 Å². The highest BCUT2D eigenvalue weighted by Gasteiger charge is 2.44. The van der Waals surface area contributed by atoms with E-state index in [4.69, 9.17) is 14.2 Å². The van der Waals surface area contributed by atoms with Gasteiger partial charge >= 0.3 is 0 Å². The zero-order valence-corrected chi connectivity index (χ0v) is 17.2. The summed E-state index contributed by atoms with van der Waals surface area (Å²) in [6, 6.07) is 5.73. The average molecular weight is 366 g/mol. The van der Waals surface area contributed by atoms with Crippen LogP contribution in [0.4, 0.5) is 0 Å². The van der Waals surface area contributed by atoms with Gasteiger partial charge in [0.15, 0.2) is 0 Å². The first-order valence-corrected chi connectivity index (χ1v) is 9.47. The van der Waals surface area contributed by atoms with E-state index in [0.29, 0.717) is 19.8 Å². The first kappa shape index (κ1) is 21.0. The van der Waals surface area contributed by atoms with Gasteiger partial charge in [-0.25, -0.2) is 0 Å². The molecule has 1 aromatic carbocycles. The summed E-state index contributed by atoms with van der Waals surface area (Å²) in [5, 5.41) is 10.5. The van der Waals surface area contributed by atoms with Crippen LogP contribution >= 0.6 is 0 Å². The second-order valence-corrected chi connectivity index (χ2v) is 8.47. The fraction of sp³-hybridized carbons (Fsp3) is 0.714. The number of aliphatic hydroxyl groups excluding tert-OH is 1. The molecule has 0 radical (unpaired) electrons. The van der Waals surface area contributed by atoms with Crippen LogP contribution in [0.1, 0.15) is 46.1 Å². The van der Waals surface area contributed by atoms with Crippen molar-refractivity contribution in [2.75, 3.05) is 33.5 Å². The number of benzene rings is 1. The van der Waals surface area contributed by atoms with Crippen LogP contribution in [0, 0.1) is 6.92 Å². The zero-order valence-electron chi connectivity index (χ0n) is 17.2. The molecule has 5 heteroatoms. The van der Waals surface area contributed by atoms with Gasteiger partial charge in [0.25, 0.3) is 0 Å². The molecule has 1 aliphatic heterocycles. The Hall–Kier alpha value is -1.30. The van der Waals surface area contributed by atoms with Crippen LogP contribution in [0.5, 0.6) is 11.5 Å². The van der Waals surface area contributed by atoms with Crippen molar-refractivity contribution in [3.05, 3.63) is 23.8 Å². The molecule has 0 amide bonds. The van der Waals surface area contributed by atoms with E-state index in [2.05, 4.69) is 32.6 Å². The number of hydrogen-bond donors (Lipinski definition) is 1. The number of ether oxygens (including phenoxy) is 3. The monoisotopic (exact) mass is 365 g/mol. The molecule has 1 aromatic rings. The number of hydrogen-bond acceptors (Lipinski definition) is 5. The molecule has 0 aliphatic carbocycles. The third kappa shape index (κ3) is 5.35. The van der Waals surface area contributed by atoms with Crippen molar-refractivity contribution in [1.29, 1.82) is 0 Å². The molecule has 1 unspecified atom stereocenters. The van der Waals surface area contributed by atoms with Gasteiger partial charge < -0.3 is 19.3 Å². The number of methoxy groups -OCH3 is 1. The number of aliphatic hydroxyl groups is 1. The molecule has 26 heavy (non-hydrogen) atoms. The lowest BCUT2D eigenvalue weighted by atomic mass is 10.0. The van der Waals surface area contributed by atoms with Gasteiger partial charge in [-0.3, -0.25) is 4.90 Å². The molecule has 2 rings (SSSR count). The number of β-amino-alcohol motifs (C(OH)–C–C–N with tert-alkyl or cyclic N) is 1. The van der Waals surface area contributed by atoms with Gasteiger partial charge in [0.2, 0.25) is 0 Å². The molecule has 1 saturated heterocycles. The normalized spacial score (nSPS) is 20.1. The smallest absolute Gasteiger partial charge is 0.122 e. The summed E-state index contributed by atoms with van der Waals surface area (Å²) in [6.45, 7) is 13.0. The minimum Gasteiger partial charge on any atom is -0.491 e. The van der Waals surface area contributed by atoms with Gasteiger partial charge in [0, 0.05) is 24.7 Å². The Morgan fingerprint density at radius 2 is 1.73 bits per heavy atom. The SMILES string of the molecule is COCCOc1ccc(OCC(O)CN2C(C)(C)CCC2(C)C)cc1C. The summed E-state index contributed by atoms with van der Waals surface area (Å²) < 4.78 is 16.5. The molecule has 1 N–H and O–H groups in total. The van der Waals surface area contributed by atoms with Gasteiger partial charge in [0.05, 0.1) is 6.61 Å². The van der Waals surface area contributed by atoms with Crippen LogP contribution in [0.15, 0.2) is 18.2 Å². The first-order chi connectivity index (χ1) is 12.2. The van der Waals surface area contributed by atoms with Crippen LogP contribution < -0.4 is 9.47 Å². The quantitative estimate of drug-likeness (QED) is 0.680. The standard InChI is InChI=1S/C21H35NO4/c1-16-13-18(7-8-19(16)25-12-11-24-6)26-15-17(23)14-22-20(2,3)9-10-21(22,4)5/h7-8,13,17,23H,9-12,14-15H2,1-6H3. The van der Waals surface area contributed by atoms with E-state index < -0.39 is 6.10 Å². The summed E-state index contributed by atoms with van der Waals surface area (Å²) in [6.07, 6.45) is 1.78. The second kappa shape index (κ2) is 8.59. The van der Waals surface area contributed by atoms with Crippen molar-refractivity contribution in [3.8, 4) is 11.5 Å². The summed E-state index contributed by atoms with van der Waals surface area (Å²) >= 11 is 0. The lowest BCUT2D eigenvalue weighted by molar-refractivity contribution is 0.00529. The largest absolute Gasteiger partial charge is 0.491 e. The maximum absolute atomic E-state index is 10.5. The number of nitrogens with zero attached hydrogens (tertiary/aromatic N) is 1. The van der Waals surface area contributed by atoms with E-state index in [1.54, 1.807) is 7.11 Å². The van der Waals surface area contributed by atoms with Gasteiger partial charge in [-0.05, 0) is 71.2 Å². The summed E-state index contributed by atoms with van der Waals surface area (Å²) in [5.74, 6) is 1.58. The number of rotatable bonds is 9. The third-order valence-corrected chi connectivity index (χ3v) is 5.34. The van der Waals surface area contributed by atoms with Gasteiger partial charge in [-0.15, -0.1) is 0 Å². The van der Waals surface area contributed by atoms with Gasteiger partial charge in [-0.1, -0.05) is 0 Å². The van der Waals surface area contributed by atoms with Crippen LogP contribution in [0.2, 0.25) is 0 Å². The third-order valence-electron chi connectivity index (χ3n) is 5.34.